The first kappa shape index (κ1) is 21.1. The Balaban J connectivity index is 1.60. The number of hydrogen-bond acceptors (Lipinski definition) is 7. The molecule has 1 aromatic rings. The molecule has 9 nitrogen and oxygen atoms in total. The van der Waals surface area contributed by atoms with Gasteiger partial charge in [0.05, 0.1) is 29.5 Å². The summed E-state index contributed by atoms with van der Waals surface area (Å²) in [5.41, 5.74) is 0.602. The van der Waals surface area contributed by atoms with Gasteiger partial charge in [0, 0.05) is 38.3 Å². The fraction of sp³-hybridized carbons (Fsp3) is 0.526. The van der Waals surface area contributed by atoms with E-state index in [1.165, 1.54) is 6.07 Å². The molecule has 1 aromatic carbocycles. The average Bonchev–Trinajstić information content (AvgIpc) is 3.07. The molecule has 0 saturated carbocycles. The van der Waals surface area contributed by atoms with Crippen molar-refractivity contribution in [3.63, 3.8) is 0 Å². The van der Waals surface area contributed by atoms with E-state index in [-0.39, 0.29) is 42.2 Å². The molecule has 29 heavy (non-hydrogen) atoms. The molecule has 1 amide bonds. The van der Waals surface area contributed by atoms with Gasteiger partial charge in [-0.3, -0.25) is 19.8 Å². The molecular formula is C19H24N4O5S. The predicted molar refractivity (Wildman–Crippen MR) is 109 cm³/mol. The third-order valence-corrected chi connectivity index (χ3v) is 7.16. The van der Waals surface area contributed by atoms with Crippen molar-refractivity contribution in [3.8, 4) is 12.3 Å². The maximum absolute atomic E-state index is 12.8. The second-order valence-electron chi connectivity index (χ2n) is 7.28. The van der Waals surface area contributed by atoms with Crippen LogP contribution >= 0.6 is 0 Å². The second kappa shape index (κ2) is 8.80. The molecule has 3 rings (SSSR count). The zero-order valence-electron chi connectivity index (χ0n) is 16.1. The van der Waals surface area contributed by atoms with Crippen LogP contribution in [0.4, 0.5) is 11.4 Å². The minimum Gasteiger partial charge on any atom is -0.362 e. The number of benzene rings is 1. The number of nitrogens with zero attached hydrogens (tertiary/aromatic N) is 4. The Kier molecular flexibility index (Phi) is 6.39. The molecule has 2 aliphatic heterocycles. The van der Waals surface area contributed by atoms with Crippen molar-refractivity contribution < 1.29 is 18.1 Å². The number of anilines is 1. The summed E-state index contributed by atoms with van der Waals surface area (Å²) in [5.74, 6) is 2.57. The van der Waals surface area contributed by atoms with Gasteiger partial charge < -0.3 is 9.80 Å². The fourth-order valence-electron chi connectivity index (χ4n) is 3.85. The van der Waals surface area contributed by atoms with Crippen LogP contribution < -0.4 is 4.90 Å². The van der Waals surface area contributed by atoms with Crippen molar-refractivity contribution in [1.29, 1.82) is 0 Å². The Morgan fingerprint density at radius 2 is 1.97 bits per heavy atom. The van der Waals surface area contributed by atoms with Gasteiger partial charge in [0.25, 0.3) is 5.69 Å². The molecule has 2 heterocycles. The smallest absolute Gasteiger partial charge is 0.292 e. The Morgan fingerprint density at radius 1 is 1.28 bits per heavy atom. The lowest BCUT2D eigenvalue weighted by Crippen LogP contribution is -2.52. The SMILES string of the molecule is C#CCN(CC(=O)N1CCN(c2ccccc2[N+](=O)[O-])CC1)C1CCS(=O)(=O)C1. The number of rotatable bonds is 6. The Hall–Kier alpha value is -2.64. The maximum Gasteiger partial charge on any atom is 0.292 e. The van der Waals surface area contributed by atoms with E-state index in [0.717, 1.165) is 0 Å². The van der Waals surface area contributed by atoms with E-state index in [1.54, 1.807) is 28.0 Å². The number of carbonyl (C=O) groups is 1. The summed E-state index contributed by atoms with van der Waals surface area (Å²) in [4.78, 5) is 29.0. The summed E-state index contributed by atoms with van der Waals surface area (Å²) >= 11 is 0. The lowest BCUT2D eigenvalue weighted by molar-refractivity contribution is -0.384. The van der Waals surface area contributed by atoms with Gasteiger partial charge in [0.2, 0.25) is 5.91 Å². The summed E-state index contributed by atoms with van der Waals surface area (Å²) in [7, 11) is -3.07. The summed E-state index contributed by atoms with van der Waals surface area (Å²) in [6, 6.07) is 6.34. The van der Waals surface area contributed by atoms with Crippen LogP contribution in [0.1, 0.15) is 6.42 Å². The summed E-state index contributed by atoms with van der Waals surface area (Å²) in [6.07, 6.45) is 5.90. The van der Waals surface area contributed by atoms with Crippen molar-refractivity contribution in [2.24, 2.45) is 0 Å². The first-order valence-corrected chi connectivity index (χ1v) is 11.3. The third kappa shape index (κ3) is 5.05. The molecule has 1 atom stereocenters. The molecule has 0 bridgehead atoms. The number of nitro benzene ring substituents is 1. The van der Waals surface area contributed by atoms with E-state index in [2.05, 4.69) is 5.92 Å². The van der Waals surface area contributed by atoms with Crippen LogP contribution in [0.5, 0.6) is 0 Å². The van der Waals surface area contributed by atoms with E-state index in [0.29, 0.717) is 38.3 Å². The number of sulfone groups is 1. The van der Waals surface area contributed by atoms with E-state index >= 15 is 0 Å². The number of para-hydroxylation sites is 2. The first-order valence-electron chi connectivity index (χ1n) is 9.45. The van der Waals surface area contributed by atoms with Crippen molar-refractivity contribution >= 4 is 27.1 Å². The van der Waals surface area contributed by atoms with Gasteiger partial charge in [-0.25, -0.2) is 8.42 Å². The maximum atomic E-state index is 12.8. The van der Waals surface area contributed by atoms with Gasteiger partial charge in [-0.1, -0.05) is 18.1 Å². The third-order valence-electron chi connectivity index (χ3n) is 5.41. The van der Waals surface area contributed by atoms with Gasteiger partial charge in [-0.2, -0.15) is 0 Å². The van der Waals surface area contributed by atoms with Crippen LogP contribution in [-0.2, 0) is 14.6 Å². The van der Waals surface area contributed by atoms with Crippen LogP contribution in [0.15, 0.2) is 24.3 Å². The highest BCUT2D eigenvalue weighted by Gasteiger charge is 2.34. The Bertz CT molecular complexity index is 919. The van der Waals surface area contributed by atoms with Crippen molar-refractivity contribution in [2.75, 3.05) is 55.7 Å². The topological polar surface area (TPSA) is 104 Å². The van der Waals surface area contributed by atoms with Gasteiger partial charge in [0.1, 0.15) is 5.69 Å². The molecular weight excluding hydrogens is 396 g/mol. The number of carbonyl (C=O) groups excluding carboxylic acids is 1. The molecule has 0 spiro atoms. The van der Waals surface area contributed by atoms with Crippen LogP contribution in [0.2, 0.25) is 0 Å². The largest absolute Gasteiger partial charge is 0.362 e. The van der Waals surface area contributed by atoms with Crippen LogP contribution in [-0.4, -0.2) is 85.9 Å². The minimum absolute atomic E-state index is 0.0351. The zero-order chi connectivity index (χ0) is 21.0. The fourth-order valence-corrected chi connectivity index (χ4v) is 5.61. The van der Waals surface area contributed by atoms with Crippen molar-refractivity contribution in [1.82, 2.24) is 9.80 Å². The molecule has 1 unspecified atom stereocenters. The van der Waals surface area contributed by atoms with Crippen LogP contribution in [0, 0.1) is 22.5 Å². The first-order chi connectivity index (χ1) is 13.8. The van der Waals surface area contributed by atoms with Gasteiger partial charge in [0.15, 0.2) is 9.84 Å². The molecule has 0 radical (unpaired) electrons. The molecule has 0 N–H and O–H groups in total. The lowest BCUT2D eigenvalue weighted by atomic mass is 10.2. The summed E-state index contributed by atoms with van der Waals surface area (Å²) < 4.78 is 23.5. The second-order valence-corrected chi connectivity index (χ2v) is 9.51. The summed E-state index contributed by atoms with van der Waals surface area (Å²) in [5, 5.41) is 11.2. The number of nitro groups is 1. The average molecular weight is 420 g/mol. The molecule has 0 aliphatic carbocycles. The summed E-state index contributed by atoms with van der Waals surface area (Å²) in [6.45, 7) is 2.17. The van der Waals surface area contributed by atoms with E-state index in [9.17, 15) is 23.3 Å². The molecule has 0 aromatic heterocycles. The number of amides is 1. The highest BCUT2D eigenvalue weighted by atomic mass is 32.2. The van der Waals surface area contributed by atoms with Gasteiger partial charge in [-0.05, 0) is 12.5 Å². The van der Waals surface area contributed by atoms with Crippen LogP contribution in [0.25, 0.3) is 0 Å². The quantitative estimate of drug-likeness (QED) is 0.372. The zero-order valence-corrected chi connectivity index (χ0v) is 16.9. The Morgan fingerprint density at radius 3 is 2.55 bits per heavy atom. The minimum atomic E-state index is -3.07. The monoisotopic (exact) mass is 420 g/mol. The lowest BCUT2D eigenvalue weighted by Gasteiger charge is -2.37. The molecule has 2 fully saturated rings. The van der Waals surface area contributed by atoms with Gasteiger partial charge >= 0.3 is 0 Å². The molecule has 10 heteroatoms. The molecule has 2 aliphatic rings. The Labute approximate surface area is 170 Å². The predicted octanol–water partition coefficient (Wildman–Crippen LogP) is 0.366. The molecule has 156 valence electrons. The number of piperazine rings is 1. The highest BCUT2D eigenvalue weighted by Crippen LogP contribution is 2.28. The normalized spacial score (nSPS) is 21.2. The van der Waals surface area contributed by atoms with Gasteiger partial charge in [-0.15, -0.1) is 6.42 Å². The van der Waals surface area contributed by atoms with Crippen molar-refractivity contribution in [2.45, 2.75) is 12.5 Å². The van der Waals surface area contributed by atoms with Crippen molar-refractivity contribution in [3.05, 3.63) is 34.4 Å². The van der Waals surface area contributed by atoms with E-state index in [4.69, 9.17) is 6.42 Å². The standard InChI is InChI=1S/C19H24N4O5S/c1-2-8-22(16-7-13-29(27,28)15-16)14-19(24)21-11-9-20(10-12-21)17-5-3-4-6-18(17)23(25)26/h1,3-6,16H,7-15H2. The van der Waals surface area contributed by atoms with E-state index in [1.807, 2.05) is 4.90 Å². The number of terminal acetylenes is 1. The highest BCUT2D eigenvalue weighted by molar-refractivity contribution is 7.91. The van der Waals surface area contributed by atoms with E-state index < -0.39 is 14.8 Å². The number of hydrogen-bond donors (Lipinski definition) is 0. The molecule has 2 saturated heterocycles. The van der Waals surface area contributed by atoms with Crippen LogP contribution in [0.3, 0.4) is 0 Å².